The number of aryl methyl sites for hydroxylation is 1. The van der Waals surface area contributed by atoms with Gasteiger partial charge in [-0.15, -0.1) is 0 Å². The van der Waals surface area contributed by atoms with Gasteiger partial charge in [0.2, 0.25) is 0 Å². The van der Waals surface area contributed by atoms with Crippen LogP contribution in [0.3, 0.4) is 0 Å². The summed E-state index contributed by atoms with van der Waals surface area (Å²) in [6, 6.07) is 4.76. The molecule has 0 aliphatic carbocycles. The highest BCUT2D eigenvalue weighted by Gasteiger charge is 2.05. The van der Waals surface area contributed by atoms with Gasteiger partial charge in [0.05, 0.1) is 6.54 Å². The van der Waals surface area contributed by atoms with Gasteiger partial charge in [0, 0.05) is 25.0 Å². The van der Waals surface area contributed by atoms with Gasteiger partial charge in [-0.1, -0.05) is 0 Å². The molecule has 6 heteroatoms. The van der Waals surface area contributed by atoms with E-state index >= 15 is 0 Å². The molecule has 0 saturated carbocycles. The average Bonchev–Trinajstić information content (AvgIpc) is 2.35. The number of hydrogen-bond acceptors (Lipinski definition) is 4. The molecule has 0 bridgehead atoms. The van der Waals surface area contributed by atoms with Gasteiger partial charge in [-0.25, -0.2) is 9.78 Å². The number of nitrogens with zero attached hydrogens (tertiary/aromatic N) is 3. The molecular weight excluding hydrogens is 232 g/mol. The molecule has 0 spiro atoms. The van der Waals surface area contributed by atoms with Crippen molar-refractivity contribution in [2.45, 2.75) is 20.0 Å². The highest BCUT2D eigenvalue weighted by molar-refractivity contribution is 5.31. The van der Waals surface area contributed by atoms with Crippen molar-refractivity contribution in [1.29, 1.82) is 0 Å². The Labute approximate surface area is 103 Å². The Morgan fingerprint density at radius 3 is 2.78 bits per heavy atom. The lowest BCUT2D eigenvalue weighted by atomic mass is 10.2. The minimum atomic E-state index is -0.319. The molecule has 0 saturated heterocycles. The fraction of sp³-hybridized carbons (Fsp3) is 0.250. The van der Waals surface area contributed by atoms with Crippen LogP contribution in [-0.2, 0) is 13.1 Å². The molecule has 2 aromatic rings. The van der Waals surface area contributed by atoms with Crippen LogP contribution in [0.2, 0.25) is 0 Å². The molecule has 0 radical (unpaired) electrons. The van der Waals surface area contributed by atoms with Gasteiger partial charge in [-0.3, -0.25) is 9.36 Å². The monoisotopic (exact) mass is 246 g/mol. The molecule has 0 fully saturated rings. The van der Waals surface area contributed by atoms with E-state index in [0.29, 0.717) is 12.4 Å². The molecule has 0 aliphatic heterocycles. The summed E-state index contributed by atoms with van der Waals surface area (Å²) in [6.45, 7) is 2.57. The van der Waals surface area contributed by atoms with Crippen LogP contribution in [0.4, 0.5) is 5.82 Å². The second-order valence-electron chi connectivity index (χ2n) is 3.90. The molecule has 0 aromatic carbocycles. The normalized spacial score (nSPS) is 10.5. The third kappa shape index (κ3) is 2.32. The largest absolute Gasteiger partial charge is 0.384 e. The second-order valence-corrected chi connectivity index (χ2v) is 3.90. The van der Waals surface area contributed by atoms with E-state index in [1.54, 1.807) is 18.3 Å². The van der Waals surface area contributed by atoms with E-state index < -0.39 is 0 Å². The predicted molar refractivity (Wildman–Crippen MR) is 68.4 cm³/mol. The number of hydrogen-bond donors (Lipinski definition) is 1. The molecule has 0 amide bonds. The summed E-state index contributed by atoms with van der Waals surface area (Å²) < 4.78 is 2.66. The van der Waals surface area contributed by atoms with Gasteiger partial charge in [0.1, 0.15) is 5.82 Å². The zero-order valence-electron chi connectivity index (χ0n) is 10.0. The van der Waals surface area contributed by atoms with E-state index in [4.69, 9.17) is 5.73 Å². The summed E-state index contributed by atoms with van der Waals surface area (Å²) in [5, 5.41) is 0. The number of aromatic nitrogens is 3. The van der Waals surface area contributed by atoms with Gasteiger partial charge < -0.3 is 10.3 Å². The molecule has 2 rings (SSSR count). The van der Waals surface area contributed by atoms with Crippen LogP contribution in [0.1, 0.15) is 12.5 Å². The van der Waals surface area contributed by atoms with E-state index in [1.807, 2.05) is 6.92 Å². The van der Waals surface area contributed by atoms with Crippen molar-refractivity contribution in [1.82, 2.24) is 14.1 Å². The quantitative estimate of drug-likeness (QED) is 0.829. The summed E-state index contributed by atoms with van der Waals surface area (Å²) >= 11 is 0. The minimum Gasteiger partial charge on any atom is -0.384 e. The van der Waals surface area contributed by atoms with Crippen LogP contribution < -0.4 is 17.0 Å². The summed E-state index contributed by atoms with van der Waals surface area (Å²) in [7, 11) is 0. The fourth-order valence-electron chi connectivity index (χ4n) is 1.72. The van der Waals surface area contributed by atoms with E-state index in [0.717, 1.165) is 5.56 Å². The summed E-state index contributed by atoms with van der Waals surface area (Å²) in [6.07, 6.45) is 3.05. The van der Waals surface area contributed by atoms with E-state index in [-0.39, 0.29) is 17.8 Å². The zero-order valence-corrected chi connectivity index (χ0v) is 10.0. The number of rotatable bonds is 3. The third-order valence-corrected chi connectivity index (χ3v) is 2.67. The lowest BCUT2D eigenvalue weighted by molar-refractivity contribution is 0.600. The fourth-order valence-corrected chi connectivity index (χ4v) is 1.72. The average molecular weight is 246 g/mol. The third-order valence-electron chi connectivity index (χ3n) is 2.67. The van der Waals surface area contributed by atoms with Crippen LogP contribution in [0.15, 0.2) is 40.2 Å². The standard InChI is InChI=1S/C12H14N4O2/c1-2-15-6-4-11(17)16(12(15)18)8-9-3-5-14-10(13)7-9/h3-7H,2,8H2,1H3,(H2,13,14). The zero-order chi connectivity index (χ0) is 13.1. The SMILES string of the molecule is CCn1ccc(=O)n(Cc2ccnc(N)c2)c1=O. The molecular formula is C12H14N4O2. The van der Waals surface area contributed by atoms with Crippen LogP contribution >= 0.6 is 0 Å². The first-order chi connectivity index (χ1) is 8.61. The molecule has 18 heavy (non-hydrogen) atoms. The van der Waals surface area contributed by atoms with Crippen molar-refractivity contribution in [2.75, 3.05) is 5.73 Å². The Kier molecular flexibility index (Phi) is 3.27. The lowest BCUT2D eigenvalue weighted by Crippen LogP contribution is -2.38. The first kappa shape index (κ1) is 12.1. The maximum atomic E-state index is 12.0. The maximum Gasteiger partial charge on any atom is 0.331 e. The minimum absolute atomic E-state index is 0.200. The highest BCUT2D eigenvalue weighted by Crippen LogP contribution is 2.03. The van der Waals surface area contributed by atoms with Crippen molar-refractivity contribution in [3.8, 4) is 0 Å². The van der Waals surface area contributed by atoms with Crippen molar-refractivity contribution in [3.05, 3.63) is 57.0 Å². The molecule has 0 unspecified atom stereocenters. The Morgan fingerprint density at radius 1 is 1.33 bits per heavy atom. The smallest absolute Gasteiger partial charge is 0.331 e. The van der Waals surface area contributed by atoms with Gasteiger partial charge in [-0.05, 0) is 24.6 Å². The number of nitrogen functional groups attached to an aromatic ring is 1. The summed E-state index contributed by atoms with van der Waals surface area (Å²) in [5.41, 5.74) is 5.70. The predicted octanol–water partition coefficient (Wildman–Crippen LogP) is 0.0554. The Balaban J connectivity index is 2.46. The van der Waals surface area contributed by atoms with Crippen molar-refractivity contribution >= 4 is 5.82 Å². The molecule has 0 aliphatic rings. The first-order valence-corrected chi connectivity index (χ1v) is 5.62. The highest BCUT2D eigenvalue weighted by atomic mass is 16.2. The van der Waals surface area contributed by atoms with E-state index in [2.05, 4.69) is 4.98 Å². The maximum absolute atomic E-state index is 12.0. The second kappa shape index (κ2) is 4.87. The molecule has 2 heterocycles. The molecule has 6 nitrogen and oxygen atoms in total. The van der Waals surface area contributed by atoms with Crippen LogP contribution in [0.5, 0.6) is 0 Å². The Bertz CT molecular complexity index is 672. The molecule has 2 N–H and O–H groups in total. The van der Waals surface area contributed by atoms with Gasteiger partial charge in [0.25, 0.3) is 5.56 Å². The number of pyridine rings is 1. The van der Waals surface area contributed by atoms with Gasteiger partial charge >= 0.3 is 5.69 Å². The van der Waals surface area contributed by atoms with Crippen LogP contribution in [0, 0.1) is 0 Å². The van der Waals surface area contributed by atoms with Gasteiger partial charge in [0.15, 0.2) is 0 Å². The Morgan fingerprint density at radius 2 is 2.11 bits per heavy atom. The van der Waals surface area contributed by atoms with Crippen molar-refractivity contribution < 1.29 is 0 Å². The molecule has 0 atom stereocenters. The molecule has 2 aromatic heterocycles. The van der Waals surface area contributed by atoms with E-state index in [9.17, 15) is 9.59 Å². The summed E-state index contributed by atoms with van der Waals surface area (Å²) in [4.78, 5) is 27.6. The first-order valence-electron chi connectivity index (χ1n) is 5.62. The number of nitrogens with two attached hydrogens (primary N) is 1. The Hall–Kier alpha value is -2.37. The van der Waals surface area contributed by atoms with Crippen LogP contribution in [-0.4, -0.2) is 14.1 Å². The number of anilines is 1. The van der Waals surface area contributed by atoms with Gasteiger partial charge in [-0.2, -0.15) is 0 Å². The van der Waals surface area contributed by atoms with E-state index in [1.165, 1.54) is 21.4 Å². The topological polar surface area (TPSA) is 82.9 Å². The van der Waals surface area contributed by atoms with Crippen LogP contribution in [0.25, 0.3) is 0 Å². The summed E-state index contributed by atoms with van der Waals surface area (Å²) in [5.74, 6) is 0.368. The lowest BCUT2D eigenvalue weighted by Gasteiger charge is -2.08. The van der Waals surface area contributed by atoms with Crippen molar-refractivity contribution in [2.24, 2.45) is 0 Å². The molecule has 94 valence electrons. The van der Waals surface area contributed by atoms with Crippen molar-refractivity contribution in [3.63, 3.8) is 0 Å².